The normalized spacial score (nSPS) is 21.1. The van der Waals surface area contributed by atoms with E-state index in [0.717, 1.165) is 11.3 Å². The third-order valence-electron chi connectivity index (χ3n) is 5.74. The van der Waals surface area contributed by atoms with E-state index >= 15 is 0 Å². The Morgan fingerprint density at radius 1 is 1.07 bits per heavy atom. The van der Waals surface area contributed by atoms with Crippen LogP contribution in [0.5, 0.6) is 5.75 Å². The highest BCUT2D eigenvalue weighted by Crippen LogP contribution is 2.55. The number of anilines is 1. The Bertz CT molecular complexity index is 1010. The molecule has 0 aromatic heterocycles. The Morgan fingerprint density at radius 2 is 1.82 bits per heavy atom. The van der Waals surface area contributed by atoms with Crippen LogP contribution in [0.1, 0.15) is 41.8 Å². The summed E-state index contributed by atoms with van der Waals surface area (Å²) in [6.07, 6.45) is 3.73. The zero-order valence-electron chi connectivity index (χ0n) is 15.7. The van der Waals surface area contributed by atoms with Crippen molar-refractivity contribution in [3.05, 3.63) is 65.2 Å². The van der Waals surface area contributed by atoms with Gasteiger partial charge in [-0.25, -0.2) is 4.79 Å². The van der Waals surface area contributed by atoms with Gasteiger partial charge in [0.15, 0.2) is 0 Å². The van der Waals surface area contributed by atoms with Gasteiger partial charge in [0.05, 0.1) is 11.8 Å². The van der Waals surface area contributed by atoms with Crippen LogP contribution in [0, 0.1) is 0 Å². The second kappa shape index (κ2) is 6.12. The van der Waals surface area contributed by atoms with Crippen molar-refractivity contribution in [2.75, 3.05) is 11.4 Å². The minimum atomic E-state index is -1.06. The zero-order chi connectivity index (χ0) is 20.1. The number of benzene rings is 2. The summed E-state index contributed by atoms with van der Waals surface area (Å²) in [5.41, 5.74) is 1.14. The third kappa shape index (κ3) is 2.41. The van der Waals surface area contributed by atoms with Crippen molar-refractivity contribution in [2.45, 2.75) is 31.4 Å². The summed E-state index contributed by atoms with van der Waals surface area (Å²) >= 11 is 0. The maximum absolute atomic E-state index is 11.8. The molecule has 0 radical (unpaired) electrons. The first-order valence-corrected chi connectivity index (χ1v) is 9.11. The molecular weight excluding hydrogens is 358 g/mol. The number of aromatic carboxylic acids is 1. The van der Waals surface area contributed by atoms with Gasteiger partial charge in [-0.05, 0) is 43.7 Å². The van der Waals surface area contributed by atoms with E-state index in [4.69, 9.17) is 4.74 Å². The first kappa shape index (κ1) is 18.1. The lowest BCUT2D eigenvalue weighted by Gasteiger charge is -2.47. The number of aliphatic carboxylic acids is 1. The van der Waals surface area contributed by atoms with Crippen molar-refractivity contribution >= 4 is 23.7 Å². The summed E-state index contributed by atoms with van der Waals surface area (Å²) in [7, 11) is 0. The highest BCUT2D eigenvalue weighted by atomic mass is 16.5. The fourth-order valence-corrected chi connectivity index (χ4v) is 4.28. The fraction of sp³-hybridized carbons (Fsp3) is 0.273. The van der Waals surface area contributed by atoms with E-state index in [1.54, 1.807) is 6.07 Å². The van der Waals surface area contributed by atoms with Crippen LogP contribution >= 0.6 is 0 Å². The van der Waals surface area contributed by atoms with E-state index in [1.807, 2.05) is 61.2 Å². The molecule has 2 aromatic carbocycles. The molecule has 2 aliphatic rings. The molecule has 6 nitrogen and oxygen atoms in total. The predicted octanol–water partition coefficient (Wildman–Crippen LogP) is 3.76. The van der Waals surface area contributed by atoms with E-state index in [-0.39, 0.29) is 18.5 Å². The average molecular weight is 379 g/mol. The molecule has 0 saturated carbocycles. The van der Waals surface area contributed by atoms with E-state index in [9.17, 15) is 19.8 Å². The number of carboxylic acid groups (broad SMARTS) is 2. The largest absolute Gasteiger partial charge is 0.481 e. The van der Waals surface area contributed by atoms with Crippen molar-refractivity contribution in [3.63, 3.8) is 0 Å². The Morgan fingerprint density at radius 3 is 2.54 bits per heavy atom. The number of ether oxygens (including phenoxy) is 1. The summed E-state index contributed by atoms with van der Waals surface area (Å²) < 4.78 is 6.48. The lowest BCUT2D eigenvalue weighted by molar-refractivity contribution is -0.136. The SMILES string of the molecule is CC1(C)c2ccccc2N(CCC(=O)O)C12C=Cc1cccc(C(=O)O)c1O2. The summed E-state index contributed by atoms with van der Waals surface area (Å²) in [5.74, 6) is -1.66. The molecule has 1 atom stereocenters. The van der Waals surface area contributed by atoms with Crippen LogP contribution in [0.3, 0.4) is 0 Å². The Balaban J connectivity index is 1.90. The molecule has 2 N–H and O–H groups in total. The standard InChI is InChI=1S/C22H21NO5/c1-21(2)16-8-3-4-9-17(16)23(13-11-18(24)25)22(21)12-10-14-6-5-7-15(20(26)27)19(14)28-22/h3-10,12H,11,13H2,1-2H3,(H,24,25)(H,26,27). The summed E-state index contributed by atoms with van der Waals surface area (Å²) in [6.45, 7) is 4.31. The van der Waals surface area contributed by atoms with Crippen LogP contribution in [0.2, 0.25) is 0 Å². The molecule has 2 heterocycles. The Labute approximate surface area is 162 Å². The molecule has 2 aliphatic heterocycles. The lowest BCUT2D eigenvalue weighted by Crippen LogP contribution is -2.60. The third-order valence-corrected chi connectivity index (χ3v) is 5.74. The highest BCUT2D eigenvalue weighted by molar-refractivity contribution is 5.93. The highest BCUT2D eigenvalue weighted by Gasteiger charge is 2.59. The molecule has 0 saturated heterocycles. The molecule has 144 valence electrons. The van der Waals surface area contributed by atoms with Gasteiger partial charge >= 0.3 is 11.9 Å². The Kier molecular flexibility index (Phi) is 3.96. The van der Waals surface area contributed by atoms with Crippen LogP contribution in [0.4, 0.5) is 5.69 Å². The molecule has 0 fully saturated rings. The number of nitrogens with zero attached hydrogens (tertiary/aromatic N) is 1. The van der Waals surface area contributed by atoms with Gasteiger partial charge in [0.2, 0.25) is 5.72 Å². The molecule has 6 heteroatoms. The lowest BCUT2D eigenvalue weighted by atomic mass is 9.76. The number of fused-ring (bicyclic) bond motifs is 2. The summed E-state index contributed by atoms with van der Waals surface area (Å²) in [6, 6.07) is 12.8. The van der Waals surface area contributed by atoms with Gasteiger partial charge in [0.1, 0.15) is 11.3 Å². The van der Waals surface area contributed by atoms with Crippen LogP contribution in [0.25, 0.3) is 6.08 Å². The minimum absolute atomic E-state index is 0.0587. The second-order valence-corrected chi connectivity index (χ2v) is 7.60. The number of hydrogen-bond donors (Lipinski definition) is 2. The molecule has 4 rings (SSSR count). The number of hydrogen-bond acceptors (Lipinski definition) is 4. The number of para-hydroxylation sites is 2. The molecule has 2 aromatic rings. The van der Waals surface area contributed by atoms with Crippen molar-refractivity contribution in [1.29, 1.82) is 0 Å². The van der Waals surface area contributed by atoms with Gasteiger partial charge < -0.3 is 19.8 Å². The van der Waals surface area contributed by atoms with Crippen molar-refractivity contribution in [3.8, 4) is 5.75 Å². The van der Waals surface area contributed by atoms with Crippen molar-refractivity contribution in [1.82, 2.24) is 0 Å². The van der Waals surface area contributed by atoms with Gasteiger partial charge in [-0.15, -0.1) is 0 Å². The molecule has 0 amide bonds. The van der Waals surface area contributed by atoms with E-state index in [0.29, 0.717) is 11.3 Å². The molecule has 28 heavy (non-hydrogen) atoms. The Hall–Kier alpha value is -3.28. The molecule has 1 unspecified atom stereocenters. The van der Waals surface area contributed by atoms with Gasteiger partial charge in [0, 0.05) is 17.8 Å². The topological polar surface area (TPSA) is 87.1 Å². The minimum Gasteiger partial charge on any atom is -0.481 e. The van der Waals surface area contributed by atoms with E-state index < -0.39 is 23.1 Å². The molecular formula is C22H21NO5. The molecule has 0 aliphatic carbocycles. The number of carbonyl (C=O) groups is 2. The molecule has 1 spiro atoms. The first-order chi connectivity index (χ1) is 13.3. The zero-order valence-corrected chi connectivity index (χ0v) is 15.7. The van der Waals surface area contributed by atoms with Gasteiger partial charge in [-0.1, -0.05) is 30.3 Å². The summed E-state index contributed by atoms with van der Waals surface area (Å²) in [5, 5.41) is 18.9. The monoisotopic (exact) mass is 379 g/mol. The van der Waals surface area contributed by atoms with E-state index in [1.165, 1.54) is 6.07 Å². The van der Waals surface area contributed by atoms with Crippen LogP contribution < -0.4 is 9.64 Å². The first-order valence-electron chi connectivity index (χ1n) is 9.11. The van der Waals surface area contributed by atoms with Crippen molar-refractivity contribution in [2.24, 2.45) is 0 Å². The van der Waals surface area contributed by atoms with Gasteiger partial charge in [-0.2, -0.15) is 0 Å². The van der Waals surface area contributed by atoms with Crippen LogP contribution in [0.15, 0.2) is 48.5 Å². The maximum atomic E-state index is 11.8. The van der Waals surface area contributed by atoms with Gasteiger partial charge in [0.25, 0.3) is 0 Å². The number of rotatable bonds is 4. The quantitative estimate of drug-likeness (QED) is 0.841. The average Bonchev–Trinajstić information content (AvgIpc) is 2.83. The van der Waals surface area contributed by atoms with Crippen LogP contribution in [-0.2, 0) is 10.2 Å². The predicted molar refractivity (Wildman–Crippen MR) is 105 cm³/mol. The fourth-order valence-electron chi connectivity index (χ4n) is 4.28. The molecule has 0 bridgehead atoms. The van der Waals surface area contributed by atoms with Crippen molar-refractivity contribution < 1.29 is 24.5 Å². The smallest absolute Gasteiger partial charge is 0.339 e. The number of carboxylic acids is 2. The maximum Gasteiger partial charge on any atom is 0.339 e. The van der Waals surface area contributed by atoms with Crippen LogP contribution in [-0.4, -0.2) is 34.4 Å². The van der Waals surface area contributed by atoms with E-state index in [2.05, 4.69) is 0 Å². The second-order valence-electron chi connectivity index (χ2n) is 7.60. The van der Waals surface area contributed by atoms with Gasteiger partial charge in [-0.3, -0.25) is 4.79 Å². The summed E-state index contributed by atoms with van der Waals surface area (Å²) in [4.78, 5) is 25.0.